The fourth-order valence-electron chi connectivity index (χ4n) is 3.05. The van der Waals surface area contributed by atoms with E-state index >= 15 is 0 Å². The molecule has 1 aromatic carbocycles. The van der Waals surface area contributed by atoms with E-state index in [9.17, 15) is 9.59 Å². The fraction of sp³-hybridized carbons (Fsp3) is 0.412. The number of methoxy groups -OCH3 is 1. The Kier molecular flexibility index (Phi) is 4.13. The van der Waals surface area contributed by atoms with Gasteiger partial charge in [-0.15, -0.1) is 0 Å². The summed E-state index contributed by atoms with van der Waals surface area (Å²) in [6.07, 6.45) is 5.07. The van der Waals surface area contributed by atoms with Crippen LogP contribution >= 0.6 is 0 Å². The van der Waals surface area contributed by atoms with Gasteiger partial charge in [0, 0.05) is 18.5 Å². The number of carbonyl (C=O) groups is 1. The third kappa shape index (κ3) is 2.58. The minimum atomic E-state index is -0.577. The molecule has 1 aliphatic rings. The van der Waals surface area contributed by atoms with Crippen molar-refractivity contribution >= 4 is 22.9 Å². The second-order valence-electron chi connectivity index (χ2n) is 5.53. The molecule has 5 nitrogen and oxygen atoms in total. The minimum Gasteiger partial charge on any atom is -0.497 e. The molecule has 116 valence electrons. The van der Waals surface area contributed by atoms with Crippen LogP contribution < -0.4 is 15.3 Å². The van der Waals surface area contributed by atoms with Crippen molar-refractivity contribution in [3.63, 3.8) is 0 Å². The van der Waals surface area contributed by atoms with E-state index in [2.05, 4.69) is 4.90 Å². The third-order valence-electron chi connectivity index (χ3n) is 4.16. The number of hydrogen-bond acceptors (Lipinski definition) is 5. The molecule has 22 heavy (non-hydrogen) atoms. The molecular formula is C17H19NO4. The lowest BCUT2D eigenvalue weighted by Crippen LogP contribution is -2.27. The van der Waals surface area contributed by atoms with E-state index in [-0.39, 0.29) is 5.56 Å². The quantitative estimate of drug-likeness (QED) is 0.644. The van der Waals surface area contributed by atoms with Gasteiger partial charge in [-0.25, -0.2) is 4.79 Å². The number of rotatable bonds is 3. The second kappa shape index (κ2) is 6.22. The number of carbonyl (C=O) groups excluding carboxylic acids is 1. The summed E-state index contributed by atoms with van der Waals surface area (Å²) in [6, 6.07) is 5.29. The lowest BCUT2D eigenvalue weighted by atomic mass is 10.1. The van der Waals surface area contributed by atoms with Crippen molar-refractivity contribution in [1.82, 2.24) is 0 Å². The van der Waals surface area contributed by atoms with E-state index in [4.69, 9.17) is 9.15 Å². The van der Waals surface area contributed by atoms with Crippen LogP contribution in [0.25, 0.3) is 11.0 Å². The average molecular weight is 301 g/mol. The first-order valence-electron chi connectivity index (χ1n) is 7.59. The van der Waals surface area contributed by atoms with Gasteiger partial charge in [0.05, 0.1) is 12.8 Å². The Hall–Kier alpha value is -2.30. The number of hydrogen-bond donors (Lipinski definition) is 0. The highest BCUT2D eigenvalue weighted by atomic mass is 16.5. The van der Waals surface area contributed by atoms with Gasteiger partial charge in [0.25, 0.3) is 0 Å². The van der Waals surface area contributed by atoms with Crippen molar-refractivity contribution in [2.75, 3.05) is 25.1 Å². The molecule has 5 heteroatoms. The molecule has 0 N–H and O–H groups in total. The Morgan fingerprint density at radius 1 is 1.18 bits per heavy atom. The van der Waals surface area contributed by atoms with E-state index in [1.165, 1.54) is 12.8 Å². The smallest absolute Gasteiger partial charge is 0.349 e. The van der Waals surface area contributed by atoms with Crippen LogP contribution in [-0.2, 0) is 0 Å². The molecule has 1 fully saturated rings. The minimum absolute atomic E-state index is 0.0997. The van der Waals surface area contributed by atoms with Crippen molar-refractivity contribution in [2.24, 2.45) is 0 Å². The van der Waals surface area contributed by atoms with Crippen molar-refractivity contribution in [2.45, 2.75) is 25.7 Å². The Balaban J connectivity index is 2.26. The van der Waals surface area contributed by atoms with Crippen LogP contribution in [0.3, 0.4) is 0 Å². The molecule has 0 bridgehead atoms. The Morgan fingerprint density at radius 3 is 2.55 bits per heavy atom. The van der Waals surface area contributed by atoms with Crippen LogP contribution in [0.15, 0.2) is 27.4 Å². The molecule has 0 aliphatic carbocycles. The number of nitrogens with zero attached hydrogens (tertiary/aromatic N) is 1. The van der Waals surface area contributed by atoms with E-state index in [1.807, 2.05) is 6.07 Å². The second-order valence-corrected chi connectivity index (χ2v) is 5.53. The topological polar surface area (TPSA) is 59.8 Å². The van der Waals surface area contributed by atoms with Crippen molar-refractivity contribution < 1.29 is 13.9 Å². The van der Waals surface area contributed by atoms with Crippen LogP contribution in [0.4, 0.5) is 5.69 Å². The zero-order chi connectivity index (χ0) is 15.5. The molecule has 0 saturated carbocycles. The first kappa shape index (κ1) is 14.6. The predicted molar refractivity (Wildman–Crippen MR) is 85.1 cm³/mol. The monoisotopic (exact) mass is 301 g/mol. The zero-order valence-electron chi connectivity index (χ0n) is 12.6. The molecule has 1 aliphatic heterocycles. The van der Waals surface area contributed by atoms with Gasteiger partial charge in [0.2, 0.25) is 0 Å². The van der Waals surface area contributed by atoms with Crippen molar-refractivity contribution in [3.8, 4) is 5.75 Å². The highest BCUT2D eigenvalue weighted by Gasteiger charge is 2.21. The Labute approximate surface area is 128 Å². The molecule has 2 heterocycles. The SMILES string of the molecule is COc1ccc2oc(=O)c(C=O)c(N3CCCCCC3)c2c1. The van der Waals surface area contributed by atoms with Gasteiger partial charge in [-0.05, 0) is 31.0 Å². The van der Waals surface area contributed by atoms with E-state index in [0.717, 1.165) is 31.3 Å². The number of anilines is 1. The van der Waals surface area contributed by atoms with Gasteiger partial charge < -0.3 is 14.1 Å². The Bertz CT molecular complexity index is 742. The van der Waals surface area contributed by atoms with Gasteiger partial charge in [-0.3, -0.25) is 4.79 Å². The predicted octanol–water partition coefficient (Wildman–Crippen LogP) is 2.99. The van der Waals surface area contributed by atoms with E-state index < -0.39 is 5.63 Å². The maximum Gasteiger partial charge on any atom is 0.349 e. The summed E-state index contributed by atoms with van der Waals surface area (Å²) in [5.74, 6) is 0.675. The van der Waals surface area contributed by atoms with Crippen LogP contribution in [0.2, 0.25) is 0 Å². The number of fused-ring (bicyclic) bond motifs is 1. The van der Waals surface area contributed by atoms with Crippen LogP contribution in [0.1, 0.15) is 36.0 Å². The lowest BCUT2D eigenvalue weighted by Gasteiger charge is -2.25. The first-order chi connectivity index (χ1) is 10.7. The maximum absolute atomic E-state index is 12.1. The molecule has 3 rings (SSSR count). The fourth-order valence-corrected chi connectivity index (χ4v) is 3.05. The summed E-state index contributed by atoms with van der Waals surface area (Å²) in [5.41, 5.74) is 0.687. The van der Waals surface area contributed by atoms with Gasteiger partial charge >= 0.3 is 5.63 Å². The molecule has 0 radical (unpaired) electrons. The average Bonchev–Trinajstić information content (AvgIpc) is 2.82. The zero-order valence-corrected chi connectivity index (χ0v) is 12.6. The summed E-state index contributed by atoms with van der Waals surface area (Å²) in [6.45, 7) is 1.69. The van der Waals surface area contributed by atoms with Gasteiger partial charge in [0.15, 0.2) is 6.29 Å². The van der Waals surface area contributed by atoms with Crippen LogP contribution in [0, 0.1) is 0 Å². The lowest BCUT2D eigenvalue weighted by molar-refractivity contribution is 0.112. The van der Waals surface area contributed by atoms with Crippen LogP contribution in [-0.4, -0.2) is 26.5 Å². The molecule has 2 aromatic rings. The number of benzene rings is 1. The summed E-state index contributed by atoms with van der Waals surface area (Å²) < 4.78 is 10.5. The highest BCUT2D eigenvalue weighted by molar-refractivity contribution is 6.00. The summed E-state index contributed by atoms with van der Waals surface area (Å²) in [5, 5.41) is 0.753. The van der Waals surface area contributed by atoms with Crippen molar-refractivity contribution in [3.05, 3.63) is 34.2 Å². The molecule has 0 atom stereocenters. The van der Waals surface area contributed by atoms with Gasteiger partial charge in [-0.2, -0.15) is 0 Å². The molecule has 1 aromatic heterocycles. The summed E-state index contributed by atoms with van der Waals surface area (Å²) in [7, 11) is 1.59. The van der Waals surface area contributed by atoms with Crippen molar-refractivity contribution in [1.29, 1.82) is 0 Å². The largest absolute Gasteiger partial charge is 0.497 e. The molecular weight excluding hydrogens is 282 g/mol. The molecule has 0 spiro atoms. The van der Waals surface area contributed by atoms with E-state index in [1.54, 1.807) is 19.2 Å². The van der Waals surface area contributed by atoms with Gasteiger partial charge in [0.1, 0.15) is 16.9 Å². The number of aldehydes is 1. The third-order valence-corrected chi connectivity index (χ3v) is 4.16. The standard InChI is InChI=1S/C17H19NO4/c1-21-12-6-7-15-13(10-12)16(14(11-19)17(20)22-15)18-8-4-2-3-5-9-18/h6-7,10-11H,2-5,8-9H2,1H3. The molecule has 1 saturated heterocycles. The molecule has 0 amide bonds. The van der Waals surface area contributed by atoms with Crippen LogP contribution in [0.5, 0.6) is 5.75 Å². The summed E-state index contributed by atoms with van der Waals surface area (Å²) in [4.78, 5) is 25.7. The maximum atomic E-state index is 12.1. The normalized spacial score (nSPS) is 15.6. The van der Waals surface area contributed by atoms with E-state index in [0.29, 0.717) is 23.3 Å². The first-order valence-corrected chi connectivity index (χ1v) is 7.59. The summed E-state index contributed by atoms with van der Waals surface area (Å²) >= 11 is 0. The molecule has 0 unspecified atom stereocenters. The highest BCUT2D eigenvalue weighted by Crippen LogP contribution is 2.32. The Morgan fingerprint density at radius 2 is 1.91 bits per heavy atom. The van der Waals surface area contributed by atoms with Gasteiger partial charge in [-0.1, -0.05) is 12.8 Å². The number of ether oxygens (including phenoxy) is 1.